The average molecular weight is 409 g/mol. The second-order valence-corrected chi connectivity index (χ2v) is 6.68. The Morgan fingerprint density at radius 3 is 2.73 bits per heavy atom. The summed E-state index contributed by atoms with van der Waals surface area (Å²) in [7, 11) is 1.57. The molecule has 0 aliphatic carbocycles. The predicted molar refractivity (Wildman–Crippen MR) is 114 cm³/mol. The molecule has 0 saturated carbocycles. The van der Waals surface area contributed by atoms with E-state index in [4.69, 9.17) is 19.0 Å². The lowest BCUT2D eigenvalue weighted by Gasteiger charge is -2.06. The molecule has 0 atom stereocenters. The second kappa shape index (κ2) is 9.65. The zero-order valence-corrected chi connectivity index (χ0v) is 16.8. The highest BCUT2D eigenvalue weighted by Gasteiger charge is 2.12. The number of allylic oxidation sites excluding steroid dienone is 1. The van der Waals surface area contributed by atoms with Crippen molar-refractivity contribution in [2.75, 3.05) is 19.0 Å². The number of hydrogen-bond donors (Lipinski definition) is 2. The maximum absolute atomic E-state index is 12.4. The summed E-state index contributed by atoms with van der Waals surface area (Å²) < 4.78 is 16.7. The Kier molecular flexibility index (Phi) is 6.75. The van der Waals surface area contributed by atoms with Gasteiger partial charge in [0.1, 0.15) is 11.5 Å². The first-order chi connectivity index (χ1) is 14.5. The molecular formula is C23H23NO6. The quantitative estimate of drug-likeness (QED) is 0.392. The molecule has 0 bridgehead atoms. The van der Waals surface area contributed by atoms with Gasteiger partial charge in [0, 0.05) is 29.6 Å². The van der Waals surface area contributed by atoms with Crippen LogP contribution in [0.3, 0.4) is 0 Å². The van der Waals surface area contributed by atoms with Crippen LogP contribution in [0.4, 0.5) is 5.69 Å². The third kappa shape index (κ3) is 5.41. The van der Waals surface area contributed by atoms with Gasteiger partial charge in [-0.05, 0) is 43.2 Å². The van der Waals surface area contributed by atoms with E-state index >= 15 is 0 Å². The summed E-state index contributed by atoms with van der Waals surface area (Å²) in [6.45, 7) is 2.06. The monoisotopic (exact) mass is 409 g/mol. The molecule has 1 heterocycles. The first kappa shape index (κ1) is 21.0. The maximum Gasteiger partial charge on any atom is 0.303 e. The van der Waals surface area contributed by atoms with Crippen molar-refractivity contribution >= 4 is 34.1 Å². The van der Waals surface area contributed by atoms with Crippen LogP contribution >= 0.6 is 0 Å². The molecule has 30 heavy (non-hydrogen) atoms. The number of nitrogens with one attached hydrogen (secondary N) is 1. The van der Waals surface area contributed by atoms with Gasteiger partial charge >= 0.3 is 5.97 Å². The molecular weight excluding hydrogens is 386 g/mol. The molecule has 1 amide bonds. The summed E-state index contributed by atoms with van der Waals surface area (Å²) in [6.07, 6.45) is 1.91. The second-order valence-electron chi connectivity index (χ2n) is 6.68. The van der Waals surface area contributed by atoms with Gasteiger partial charge in [0.15, 0.2) is 11.3 Å². The molecule has 1 aromatic heterocycles. The van der Waals surface area contributed by atoms with E-state index < -0.39 is 5.97 Å². The minimum absolute atomic E-state index is 0.0453. The molecule has 0 aliphatic heterocycles. The van der Waals surface area contributed by atoms with Gasteiger partial charge in [-0.25, -0.2) is 0 Å². The molecule has 2 aromatic carbocycles. The number of benzene rings is 2. The SMILES string of the molecule is COc1cccc(NC(=O)/C=C(/C)c2cc3cccc(OCCCC(=O)O)c3o2)c1. The summed E-state index contributed by atoms with van der Waals surface area (Å²) in [4.78, 5) is 23.0. The number of amides is 1. The van der Waals surface area contributed by atoms with Gasteiger partial charge in [0.25, 0.3) is 0 Å². The predicted octanol–water partition coefficient (Wildman–Crippen LogP) is 4.73. The van der Waals surface area contributed by atoms with Crippen molar-refractivity contribution in [1.29, 1.82) is 0 Å². The zero-order valence-electron chi connectivity index (χ0n) is 16.8. The summed E-state index contributed by atoms with van der Waals surface area (Å²) >= 11 is 0. The van der Waals surface area contributed by atoms with Gasteiger partial charge < -0.3 is 24.3 Å². The third-order valence-corrected chi connectivity index (χ3v) is 4.37. The number of rotatable bonds is 9. The van der Waals surface area contributed by atoms with Crippen molar-refractivity contribution in [1.82, 2.24) is 0 Å². The number of hydrogen-bond acceptors (Lipinski definition) is 5. The van der Waals surface area contributed by atoms with Crippen LogP contribution in [-0.4, -0.2) is 30.7 Å². The van der Waals surface area contributed by atoms with Gasteiger partial charge in [-0.3, -0.25) is 9.59 Å². The molecule has 3 aromatic rings. The number of carboxylic acids is 1. The molecule has 0 radical (unpaired) electrons. The van der Waals surface area contributed by atoms with E-state index in [1.165, 1.54) is 6.08 Å². The summed E-state index contributed by atoms with van der Waals surface area (Å²) in [6, 6.07) is 14.4. The summed E-state index contributed by atoms with van der Waals surface area (Å²) in [5.41, 5.74) is 1.84. The molecule has 0 unspecified atom stereocenters. The molecule has 0 aliphatic rings. The molecule has 156 valence electrons. The fraction of sp³-hybridized carbons (Fsp3) is 0.217. The topological polar surface area (TPSA) is 98.0 Å². The zero-order chi connectivity index (χ0) is 21.5. The smallest absolute Gasteiger partial charge is 0.303 e. The van der Waals surface area contributed by atoms with Crippen LogP contribution in [0.2, 0.25) is 0 Å². The number of ether oxygens (including phenoxy) is 2. The number of aliphatic carboxylic acids is 1. The van der Waals surface area contributed by atoms with Gasteiger partial charge in [0.05, 0.1) is 13.7 Å². The van der Waals surface area contributed by atoms with Gasteiger partial charge in [-0.2, -0.15) is 0 Å². The number of fused-ring (bicyclic) bond motifs is 1. The van der Waals surface area contributed by atoms with Gasteiger partial charge in [-0.15, -0.1) is 0 Å². The third-order valence-electron chi connectivity index (χ3n) is 4.37. The highest BCUT2D eigenvalue weighted by molar-refractivity contribution is 6.04. The minimum Gasteiger partial charge on any atom is -0.497 e. The average Bonchev–Trinajstić information content (AvgIpc) is 3.16. The molecule has 7 heteroatoms. The van der Waals surface area contributed by atoms with Crippen molar-refractivity contribution in [2.24, 2.45) is 0 Å². The highest BCUT2D eigenvalue weighted by Crippen LogP contribution is 2.31. The Morgan fingerprint density at radius 2 is 1.97 bits per heavy atom. The van der Waals surface area contributed by atoms with Gasteiger partial charge in [-0.1, -0.05) is 18.2 Å². The fourth-order valence-electron chi connectivity index (χ4n) is 2.90. The van der Waals surface area contributed by atoms with Gasteiger partial charge in [0.2, 0.25) is 5.91 Å². The molecule has 0 fully saturated rings. The Hall–Kier alpha value is -3.74. The normalized spacial score (nSPS) is 11.3. The van der Waals surface area contributed by atoms with Crippen LogP contribution in [0.5, 0.6) is 11.5 Å². The van der Waals surface area contributed by atoms with Crippen LogP contribution in [0, 0.1) is 0 Å². The number of furan rings is 1. The van der Waals surface area contributed by atoms with E-state index in [1.54, 1.807) is 44.4 Å². The molecule has 0 saturated heterocycles. The van der Waals surface area contributed by atoms with E-state index in [0.29, 0.717) is 40.5 Å². The Morgan fingerprint density at radius 1 is 1.17 bits per heavy atom. The lowest BCUT2D eigenvalue weighted by Crippen LogP contribution is -2.08. The van der Waals surface area contributed by atoms with Crippen LogP contribution in [0.25, 0.3) is 16.5 Å². The van der Waals surface area contributed by atoms with Crippen molar-refractivity contribution in [3.8, 4) is 11.5 Å². The van der Waals surface area contributed by atoms with E-state index in [9.17, 15) is 9.59 Å². The highest BCUT2D eigenvalue weighted by atomic mass is 16.5. The lowest BCUT2D eigenvalue weighted by atomic mass is 10.2. The van der Waals surface area contributed by atoms with E-state index in [1.807, 2.05) is 18.2 Å². The summed E-state index contributed by atoms with van der Waals surface area (Å²) in [5, 5.41) is 12.4. The number of para-hydroxylation sites is 1. The first-order valence-electron chi connectivity index (χ1n) is 9.47. The fourth-order valence-corrected chi connectivity index (χ4v) is 2.90. The molecule has 2 N–H and O–H groups in total. The Labute approximate surface area is 173 Å². The van der Waals surface area contributed by atoms with Crippen molar-refractivity contribution in [2.45, 2.75) is 19.8 Å². The van der Waals surface area contributed by atoms with E-state index in [2.05, 4.69) is 5.32 Å². The maximum atomic E-state index is 12.4. The van der Waals surface area contributed by atoms with E-state index in [-0.39, 0.29) is 18.9 Å². The standard InChI is InChI=1S/C23H23NO6/c1-15(12-21(25)24-17-7-4-8-18(14-17)28-2)20-13-16-6-3-9-19(23(16)30-20)29-11-5-10-22(26)27/h3-4,6-9,12-14H,5,10-11H2,1-2H3,(H,24,25)(H,26,27)/b15-12-. The van der Waals surface area contributed by atoms with Crippen LogP contribution < -0.4 is 14.8 Å². The summed E-state index contributed by atoms with van der Waals surface area (Å²) in [5.74, 6) is 0.600. The Balaban J connectivity index is 1.72. The number of carboxylic acid groups (broad SMARTS) is 1. The number of carbonyl (C=O) groups is 2. The van der Waals surface area contributed by atoms with Crippen LogP contribution in [-0.2, 0) is 9.59 Å². The van der Waals surface area contributed by atoms with Crippen LogP contribution in [0.15, 0.2) is 59.0 Å². The first-order valence-corrected chi connectivity index (χ1v) is 9.47. The molecule has 7 nitrogen and oxygen atoms in total. The number of carbonyl (C=O) groups excluding carboxylic acids is 1. The largest absolute Gasteiger partial charge is 0.497 e. The molecule has 0 spiro atoms. The van der Waals surface area contributed by atoms with Crippen molar-refractivity contribution < 1.29 is 28.6 Å². The van der Waals surface area contributed by atoms with E-state index in [0.717, 1.165) is 5.39 Å². The lowest BCUT2D eigenvalue weighted by molar-refractivity contribution is -0.137. The number of anilines is 1. The minimum atomic E-state index is -0.856. The molecule has 3 rings (SSSR count). The van der Waals surface area contributed by atoms with Crippen molar-refractivity contribution in [3.63, 3.8) is 0 Å². The Bertz CT molecular complexity index is 1080. The number of methoxy groups -OCH3 is 1. The van der Waals surface area contributed by atoms with Crippen LogP contribution in [0.1, 0.15) is 25.5 Å². The van der Waals surface area contributed by atoms with Crippen molar-refractivity contribution in [3.05, 3.63) is 60.4 Å².